The lowest BCUT2D eigenvalue weighted by Crippen LogP contribution is -2.34. The third-order valence-electron chi connectivity index (χ3n) is 2.85. The lowest BCUT2D eigenvalue weighted by atomic mass is 10.1. The molecule has 5 heteroatoms. The molecule has 0 unspecified atom stereocenters. The summed E-state index contributed by atoms with van der Waals surface area (Å²) < 4.78 is 16.3. The van der Waals surface area contributed by atoms with Gasteiger partial charge in [0.1, 0.15) is 5.82 Å². The molecule has 0 bridgehead atoms. The molecule has 108 valence electrons. The molecule has 20 heavy (non-hydrogen) atoms. The smallest absolute Gasteiger partial charge is 0.128 e. The van der Waals surface area contributed by atoms with E-state index in [1.807, 2.05) is 12.4 Å². The Labute approximate surface area is 127 Å². The Kier molecular flexibility index (Phi) is 4.60. The SMILES string of the molecule is CC(C)(C)NCc1cnn(Cc2cc(Br)ccc2F)c1. The Morgan fingerprint density at radius 2 is 2.10 bits per heavy atom. The first-order chi connectivity index (χ1) is 9.33. The molecular formula is C15H19BrFN3. The molecule has 1 N–H and O–H groups in total. The second kappa shape index (κ2) is 6.06. The summed E-state index contributed by atoms with van der Waals surface area (Å²) in [7, 11) is 0. The van der Waals surface area contributed by atoms with Crippen LogP contribution in [0.4, 0.5) is 4.39 Å². The summed E-state index contributed by atoms with van der Waals surface area (Å²) >= 11 is 3.36. The Morgan fingerprint density at radius 3 is 2.80 bits per heavy atom. The molecule has 0 amide bonds. The zero-order chi connectivity index (χ0) is 14.8. The van der Waals surface area contributed by atoms with Crippen LogP contribution in [0.3, 0.4) is 0 Å². The quantitative estimate of drug-likeness (QED) is 0.919. The van der Waals surface area contributed by atoms with Gasteiger partial charge in [-0.1, -0.05) is 15.9 Å². The van der Waals surface area contributed by atoms with E-state index in [1.54, 1.807) is 16.8 Å². The first-order valence-electron chi connectivity index (χ1n) is 6.54. The van der Waals surface area contributed by atoms with Crippen LogP contribution < -0.4 is 5.32 Å². The first-order valence-corrected chi connectivity index (χ1v) is 7.33. The van der Waals surface area contributed by atoms with E-state index in [4.69, 9.17) is 0 Å². The van der Waals surface area contributed by atoms with E-state index in [9.17, 15) is 4.39 Å². The van der Waals surface area contributed by atoms with Crippen LogP contribution >= 0.6 is 15.9 Å². The van der Waals surface area contributed by atoms with Gasteiger partial charge in [0, 0.05) is 33.9 Å². The van der Waals surface area contributed by atoms with Crippen molar-refractivity contribution in [3.05, 3.63) is 52.0 Å². The number of nitrogens with one attached hydrogen (secondary N) is 1. The average molecular weight is 340 g/mol. The van der Waals surface area contributed by atoms with Crippen molar-refractivity contribution in [2.45, 2.75) is 39.4 Å². The van der Waals surface area contributed by atoms with Crippen molar-refractivity contribution in [3.63, 3.8) is 0 Å². The predicted octanol–water partition coefficient (Wildman–Crippen LogP) is 3.72. The van der Waals surface area contributed by atoms with E-state index in [-0.39, 0.29) is 11.4 Å². The Balaban J connectivity index is 2.04. The minimum atomic E-state index is -0.210. The summed E-state index contributed by atoms with van der Waals surface area (Å²) in [6, 6.07) is 4.94. The standard InChI is InChI=1S/C15H19BrFN3/c1-15(2,3)18-7-11-8-19-20(9-11)10-12-6-13(16)4-5-14(12)17/h4-6,8-9,18H,7,10H2,1-3H3. The third kappa shape index (κ3) is 4.42. The van der Waals surface area contributed by atoms with Gasteiger partial charge in [-0.15, -0.1) is 0 Å². The molecule has 2 rings (SSSR count). The van der Waals surface area contributed by atoms with Crippen molar-refractivity contribution in [2.75, 3.05) is 0 Å². The lowest BCUT2D eigenvalue weighted by Gasteiger charge is -2.19. The molecule has 0 saturated heterocycles. The molecule has 0 aliphatic rings. The molecule has 2 aromatic rings. The van der Waals surface area contributed by atoms with Crippen LogP contribution in [0.5, 0.6) is 0 Å². The van der Waals surface area contributed by atoms with Crippen LogP contribution in [0, 0.1) is 5.82 Å². The third-order valence-corrected chi connectivity index (χ3v) is 3.34. The number of hydrogen-bond donors (Lipinski definition) is 1. The van der Waals surface area contributed by atoms with Gasteiger partial charge in [0.25, 0.3) is 0 Å². The molecule has 0 atom stereocenters. The Hall–Kier alpha value is -1.20. The fraction of sp³-hybridized carbons (Fsp3) is 0.400. The van der Waals surface area contributed by atoms with E-state index in [2.05, 4.69) is 47.1 Å². The molecule has 0 fully saturated rings. The van der Waals surface area contributed by atoms with Crippen molar-refractivity contribution in [1.29, 1.82) is 0 Å². The molecule has 0 aliphatic heterocycles. The van der Waals surface area contributed by atoms with E-state index in [0.29, 0.717) is 12.1 Å². The number of halogens is 2. The van der Waals surface area contributed by atoms with Gasteiger partial charge >= 0.3 is 0 Å². The van der Waals surface area contributed by atoms with Crippen molar-refractivity contribution in [3.8, 4) is 0 Å². The van der Waals surface area contributed by atoms with Gasteiger partial charge < -0.3 is 5.32 Å². The highest BCUT2D eigenvalue weighted by atomic mass is 79.9. The minimum absolute atomic E-state index is 0.0680. The molecule has 0 aliphatic carbocycles. The summed E-state index contributed by atoms with van der Waals surface area (Å²) in [5.74, 6) is -0.210. The molecule has 0 spiro atoms. The second-order valence-electron chi connectivity index (χ2n) is 5.89. The molecule has 1 aromatic carbocycles. The molecular weight excluding hydrogens is 321 g/mol. The number of aromatic nitrogens is 2. The fourth-order valence-electron chi connectivity index (χ4n) is 1.79. The monoisotopic (exact) mass is 339 g/mol. The zero-order valence-electron chi connectivity index (χ0n) is 12.0. The maximum absolute atomic E-state index is 13.7. The topological polar surface area (TPSA) is 29.9 Å². The van der Waals surface area contributed by atoms with Crippen LogP contribution in [-0.2, 0) is 13.1 Å². The molecule has 0 saturated carbocycles. The van der Waals surface area contributed by atoms with Crippen LogP contribution in [0.1, 0.15) is 31.9 Å². The first kappa shape index (κ1) is 15.2. The highest BCUT2D eigenvalue weighted by molar-refractivity contribution is 9.10. The van der Waals surface area contributed by atoms with Gasteiger partial charge in [0.2, 0.25) is 0 Å². The van der Waals surface area contributed by atoms with Gasteiger partial charge in [-0.25, -0.2) is 4.39 Å². The molecule has 3 nitrogen and oxygen atoms in total. The number of hydrogen-bond acceptors (Lipinski definition) is 2. The van der Waals surface area contributed by atoms with Gasteiger partial charge in [0.15, 0.2) is 0 Å². The van der Waals surface area contributed by atoms with Crippen LogP contribution in [-0.4, -0.2) is 15.3 Å². The molecule has 0 radical (unpaired) electrons. The van der Waals surface area contributed by atoms with E-state index < -0.39 is 0 Å². The largest absolute Gasteiger partial charge is 0.308 e. The summed E-state index contributed by atoms with van der Waals surface area (Å²) in [5, 5.41) is 7.68. The Morgan fingerprint density at radius 1 is 1.35 bits per heavy atom. The molecule has 1 heterocycles. The van der Waals surface area contributed by atoms with E-state index in [1.165, 1.54) is 6.07 Å². The van der Waals surface area contributed by atoms with Crippen molar-refractivity contribution in [2.24, 2.45) is 0 Å². The predicted molar refractivity (Wildman–Crippen MR) is 82.0 cm³/mol. The van der Waals surface area contributed by atoms with E-state index >= 15 is 0 Å². The van der Waals surface area contributed by atoms with Crippen molar-refractivity contribution in [1.82, 2.24) is 15.1 Å². The van der Waals surface area contributed by atoms with Gasteiger partial charge in [-0.3, -0.25) is 4.68 Å². The maximum Gasteiger partial charge on any atom is 0.128 e. The van der Waals surface area contributed by atoms with E-state index in [0.717, 1.165) is 16.6 Å². The molecule has 1 aromatic heterocycles. The lowest BCUT2D eigenvalue weighted by molar-refractivity contribution is 0.424. The average Bonchev–Trinajstić information content (AvgIpc) is 2.78. The Bertz CT molecular complexity index is 587. The number of benzene rings is 1. The summed E-state index contributed by atoms with van der Waals surface area (Å²) in [4.78, 5) is 0. The maximum atomic E-state index is 13.7. The van der Waals surface area contributed by atoms with Gasteiger partial charge in [-0.2, -0.15) is 5.10 Å². The summed E-state index contributed by atoms with van der Waals surface area (Å²) in [5.41, 5.74) is 1.78. The van der Waals surface area contributed by atoms with Crippen molar-refractivity contribution >= 4 is 15.9 Å². The summed E-state index contributed by atoms with van der Waals surface area (Å²) in [6.45, 7) is 7.54. The zero-order valence-corrected chi connectivity index (χ0v) is 13.5. The van der Waals surface area contributed by atoms with Crippen LogP contribution in [0.15, 0.2) is 35.1 Å². The number of rotatable bonds is 4. The van der Waals surface area contributed by atoms with Gasteiger partial charge in [0.05, 0.1) is 12.7 Å². The minimum Gasteiger partial charge on any atom is -0.308 e. The highest BCUT2D eigenvalue weighted by Crippen LogP contribution is 2.16. The highest BCUT2D eigenvalue weighted by Gasteiger charge is 2.10. The van der Waals surface area contributed by atoms with Gasteiger partial charge in [-0.05, 0) is 39.0 Å². The summed E-state index contributed by atoms with van der Waals surface area (Å²) in [6.07, 6.45) is 3.76. The second-order valence-corrected chi connectivity index (χ2v) is 6.80. The van der Waals surface area contributed by atoms with Crippen LogP contribution in [0.2, 0.25) is 0 Å². The number of nitrogens with zero attached hydrogens (tertiary/aromatic N) is 2. The van der Waals surface area contributed by atoms with Crippen molar-refractivity contribution < 1.29 is 4.39 Å². The normalized spacial score (nSPS) is 11.8. The fourth-order valence-corrected chi connectivity index (χ4v) is 2.20. The van der Waals surface area contributed by atoms with Crippen LogP contribution in [0.25, 0.3) is 0 Å².